The lowest BCUT2D eigenvalue weighted by Gasteiger charge is -2.13. The summed E-state index contributed by atoms with van der Waals surface area (Å²) in [5, 5.41) is 37.5. The molecule has 0 spiro atoms. The lowest BCUT2D eigenvalue weighted by molar-refractivity contribution is -0.120. The van der Waals surface area contributed by atoms with E-state index in [2.05, 4.69) is 50.8 Å². The van der Waals surface area contributed by atoms with Crippen LogP contribution in [0.15, 0.2) is 83.6 Å². The number of thioether (sulfide) groups is 1. The van der Waals surface area contributed by atoms with Gasteiger partial charge in [-0.25, -0.2) is 5.43 Å². The van der Waals surface area contributed by atoms with Gasteiger partial charge in [-0.3, -0.25) is 4.79 Å². The number of phenols is 2. The quantitative estimate of drug-likeness (QED) is 0.110. The number of phenolic OH excluding ortho intramolecular Hbond substituents is 2. The molecule has 1 aromatic heterocycles. The van der Waals surface area contributed by atoms with Crippen molar-refractivity contribution >= 4 is 40.3 Å². The summed E-state index contributed by atoms with van der Waals surface area (Å²) in [6.07, 6.45) is 3.06. The fraction of sp³-hybridized carbons (Fsp3) is 0.154. The number of carbonyl (C=O) groups is 1. The van der Waals surface area contributed by atoms with Gasteiger partial charge in [0.1, 0.15) is 11.5 Å². The molecular formula is C26H26N6O3S. The van der Waals surface area contributed by atoms with Crippen molar-refractivity contribution in [3.8, 4) is 11.5 Å². The van der Waals surface area contributed by atoms with E-state index in [9.17, 15) is 15.0 Å². The summed E-state index contributed by atoms with van der Waals surface area (Å²) in [5.74, 6) is 0.184. The summed E-state index contributed by atoms with van der Waals surface area (Å²) >= 11 is 1.26. The number of hydrogen-bond donors (Lipinski definition) is 4. The van der Waals surface area contributed by atoms with E-state index in [0.717, 1.165) is 22.3 Å². The highest BCUT2D eigenvalue weighted by Gasteiger charge is 2.20. The van der Waals surface area contributed by atoms with Crippen molar-refractivity contribution in [2.75, 3.05) is 5.32 Å². The number of hydrazone groups is 1. The highest BCUT2D eigenvalue weighted by Crippen LogP contribution is 2.26. The third-order valence-corrected chi connectivity index (χ3v) is 6.46. The number of nitrogens with zero attached hydrogens (tertiary/aromatic N) is 4. The molecule has 0 saturated carbocycles. The average Bonchev–Trinajstić information content (AvgIpc) is 3.25. The number of aromatic nitrogens is 3. The number of fused-ring (bicyclic) bond motifs is 1. The third kappa shape index (κ3) is 5.84. The molecule has 0 aliphatic heterocycles. The Bertz CT molecular complexity index is 1410. The van der Waals surface area contributed by atoms with Crippen molar-refractivity contribution in [3.63, 3.8) is 0 Å². The van der Waals surface area contributed by atoms with Crippen LogP contribution in [-0.2, 0) is 17.9 Å². The number of anilines is 1. The van der Waals surface area contributed by atoms with E-state index in [4.69, 9.17) is 0 Å². The Labute approximate surface area is 212 Å². The van der Waals surface area contributed by atoms with E-state index < -0.39 is 5.25 Å². The number of aromatic hydroxyl groups is 2. The minimum atomic E-state index is -0.512. The summed E-state index contributed by atoms with van der Waals surface area (Å²) in [6, 6.07) is 18.4. The molecule has 0 unspecified atom stereocenters. The predicted octanol–water partition coefficient (Wildman–Crippen LogP) is 4.27. The van der Waals surface area contributed by atoms with Crippen LogP contribution in [0.1, 0.15) is 18.3 Å². The molecule has 3 aromatic carbocycles. The first kappa shape index (κ1) is 24.8. The maximum absolute atomic E-state index is 12.5. The summed E-state index contributed by atoms with van der Waals surface area (Å²) < 4.78 is 1.91. The molecule has 4 N–H and O–H groups in total. The van der Waals surface area contributed by atoms with Gasteiger partial charge in [-0.05, 0) is 30.5 Å². The molecule has 184 valence electrons. The molecule has 1 heterocycles. The van der Waals surface area contributed by atoms with E-state index in [1.165, 1.54) is 36.2 Å². The van der Waals surface area contributed by atoms with Gasteiger partial charge in [0.2, 0.25) is 0 Å². The van der Waals surface area contributed by atoms with Crippen LogP contribution in [0.3, 0.4) is 0 Å². The fourth-order valence-electron chi connectivity index (χ4n) is 3.51. The van der Waals surface area contributed by atoms with Crippen LogP contribution in [0.2, 0.25) is 0 Å². The van der Waals surface area contributed by atoms with Crippen LogP contribution in [0.25, 0.3) is 10.8 Å². The monoisotopic (exact) mass is 502 g/mol. The largest absolute Gasteiger partial charge is 0.508 e. The molecule has 0 fully saturated rings. The molecule has 0 radical (unpaired) electrons. The van der Waals surface area contributed by atoms with E-state index in [1.807, 2.05) is 28.8 Å². The zero-order valence-corrected chi connectivity index (χ0v) is 20.4. The summed E-state index contributed by atoms with van der Waals surface area (Å²) in [4.78, 5) is 12.5. The molecule has 0 aliphatic carbocycles. The van der Waals surface area contributed by atoms with Gasteiger partial charge in [0.15, 0.2) is 11.0 Å². The second-order valence-electron chi connectivity index (χ2n) is 7.92. The maximum atomic E-state index is 12.5. The van der Waals surface area contributed by atoms with Gasteiger partial charge in [-0.15, -0.1) is 16.8 Å². The summed E-state index contributed by atoms with van der Waals surface area (Å²) in [6.45, 7) is 6.53. The second kappa shape index (κ2) is 11.4. The van der Waals surface area contributed by atoms with E-state index >= 15 is 0 Å². The maximum Gasteiger partial charge on any atom is 0.253 e. The smallest absolute Gasteiger partial charge is 0.253 e. The zero-order chi connectivity index (χ0) is 25.5. The lowest BCUT2D eigenvalue weighted by Crippen LogP contribution is -2.27. The molecule has 9 nitrogen and oxygen atoms in total. The SMILES string of the molecule is C=CCn1c(CNc2cccc3ccccc23)nnc1S[C@@H](C)C(=O)N/N=C\c1ccc(O)cc1O. The number of rotatable bonds is 10. The lowest BCUT2D eigenvalue weighted by atomic mass is 10.1. The Hall–Kier alpha value is -4.31. The number of hydrogen-bond acceptors (Lipinski definition) is 8. The van der Waals surface area contributed by atoms with Crippen LogP contribution in [0, 0.1) is 0 Å². The van der Waals surface area contributed by atoms with Gasteiger partial charge in [0.25, 0.3) is 5.91 Å². The summed E-state index contributed by atoms with van der Waals surface area (Å²) in [5.41, 5.74) is 3.83. The van der Waals surface area contributed by atoms with Crippen molar-refractivity contribution in [2.45, 2.75) is 30.4 Å². The Kier molecular flexibility index (Phi) is 7.86. The highest BCUT2D eigenvalue weighted by atomic mass is 32.2. The number of benzene rings is 3. The van der Waals surface area contributed by atoms with Crippen LogP contribution in [0.4, 0.5) is 5.69 Å². The first-order valence-electron chi connectivity index (χ1n) is 11.2. The molecule has 10 heteroatoms. The first-order valence-corrected chi connectivity index (χ1v) is 12.1. The van der Waals surface area contributed by atoms with E-state index in [0.29, 0.717) is 23.8 Å². The summed E-state index contributed by atoms with van der Waals surface area (Å²) in [7, 11) is 0. The molecule has 1 amide bonds. The van der Waals surface area contributed by atoms with Gasteiger partial charge >= 0.3 is 0 Å². The third-order valence-electron chi connectivity index (χ3n) is 5.38. The molecule has 36 heavy (non-hydrogen) atoms. The van der Waals surface area contributed by atoms with Crippen molar-refractivity contribution in [1.82, 2.24) is 20.2 Å². The van der Waals surface area contributed by atoms with Crippen molar-refractivity contribution in [3.05, 3.63) is 84.7 Å². The number of nitrogens with one attached hydrogen (secondary N) is 2. The topological polar surface area (TPSA) is 125 Å². The van der Waals surface area contributed by atoms with Gasteiger partial charge < -0.3 is 20.1 Å². The standard InChI is InChI=1S/C26H26N6O3S/c1-3-13-32-24(16-27-22-10-6-8-18-7-4-5-9-21(18)22)29-31-26(32)36-17(2)25(35)30-28-15-19-11-12-20(33)14-23(19)34/h3-12,14-15,17,27,33-34H,1,13,16H2,2H3,(H,30,35)/b28-15-/t17-/m0/s1. The normalized spacial score (nSPS) is 12.0. The second-order valence-corrected chi connectivity index (χ2v) is 9.22. The van der Waals surface area contributed by atoms with E-state index in [-0.39, 0.29) is 17.4 Å². The molecule has 1 atom stereocenters. The van der Waals surface area contributed by atoms with Crippen LogP contribution in [-0.4, -0.2) is 42.3 Å². The van der Waals surface area contributed by atoms with Crippen molar-refractivity contribution < 1.29 is 15.0 Å². The Morgan fingerprint density at radius 3 is 2.78 bits per heavy atom. The molecule has 4 aromatic rings. The molecule has 4 rings (SSSR count). The number of carbonyl (C=O) groups excluding carboxylic acids is 1. The van der Waals surface area contributed by atoms with Gasteiger partial charge in [0.05, 0.1) is 18.0 Å². The van der Waals surface area contributed by atoms with E-state index in [1.54, 1.807) is 13.0 Å². The number of amides is 1. The molecule has 0 saturated heterocycles. The van der Waals surface area contributed by atoms with Gasteiger partial charge in [-0.2, -0.15) is 5.10 Å². The Morgan fingerprint density at radius 1 is 1.17 bits per heavy atom. The van der Waals surface area contributed by atoms with Crippen LogP contribution >= 0.6 is 11.8 Å². The van der Waals surface area contributed by atoms with Gasteiger partial charge in [0, 0.05) is 29.2 Å². The zero-order valence-electron chi connectivity index (χ0n) is 19.6. The number of allylic oxidation sites excluding steroid dienone is 1. The van der Waals surface area contributed by atoms with Crippen molar-refractivity contribution in [2.24, 2.45) is 5.10 Å². The predicted molar refractivity (Wildman–Crippen MR) is 142 cm³/mol. The van der Waals surface area contributed by atoms with Crippen LogP contribution in [0.5, 0.6) is 11.5 Å². The average molecular weight is 503 g/mol. The Balaban J connectivity index is 1.41. The molecular weight excluding hydrogens is 476 g/mol. The Morgan fingerprint density at radius 2 is 1.97 bits per heavy atom. The fourth-order valence-corrected chi connectivity index (χ4v) is 4.38. The first-order chi connectivity index (χ1) is 17.5. The van der Waals surface area contributed by atoms with Crippen molar-refractivity contribution in [1.29, 1.82) is 0 Å². The minimum absolute atomic E-state index is 0.0611. The molecule has 0 aliphatic rings. The van der Waals surface area contributed by atoms with Crippen LogP contribution < -0.4 is 10.7 Å². The molecule has 0 bridgehead atoms. The highest BCUT2D eigenvalue weighted by molar-refractivity contribution is 8.00. The van der Waals surface area contributed by atoms with Gasteiger partial charge in [-0.1, -0.05) is 54.2 Å². The minimum Gasteiger partial charge on any atom is -0.508 e.